The predicted octanol–water partition coefficient (Wildman–Crippen LogP) is 1.03. The second kappa shape index (κ2) is 5.77. The summed E-state index contributed by atoms with van der Waals surface area (Å²) in [6.45, 7) is 7.47. The van der Waals surface area contributed by atoms with Crippen LogP contribution < -0.4 is 5.32 Å². The number of carbonyl (C=O) groups excluding carboxylic acids is 1. The first-order valence-corrected chi connectivity index (χ1v) is 6.98. The van der Waals surface area contributed by atoms with Crippen LogP contribution >= 0.6 is 0 Å². The third-order valence-electron chi connectivity index (χ3n) is 4.10. The molecule has 1 aliphatic heterocycles. The Morgan fingerprint density at radius 3 is 2.58 bits per heavy atom. The van der Waals surface area contributed by atoms with Crippen molar-refractivity contribution in [1.82, 2.24) is 5.32 Å². The van der Waals surface area contributed by atoms with E-state index < -0.39 is 17.3 Å². The lowest BCUT2D eigenvalue weighted by Crippen LogP contribution is -2.64. The first-order valence-electron chi connectivity index (χ1n) is 6.98. The van der Waals surface area contributed by atoms with Gasteiger partial charge in [0.2, 0.25) is 5.79 Å². The van der Waals surface area contributed by atoms with Gasteiger partial charge in [0.05, 0.1) is 6.10 Å². The standard InChI is InChI=1S/C14H27NO4/c1-9(2)8-11-6-7-14(18,19-10(11)3)13(4,17)12(16)15-5/h9-11,17-18H,6-8H2,1-5H3,(H,15,16). The zero-order valence-corrected chi connectivity index (χ0v) is 12.6. The number of likely N-dealkylation sites (N-methyl/N-ethyl adjacent to an activating group) is 1. The summed E-state index contributed by atoms with van der Waals surface area (Å²) >= 11 is 0. The molecule has 1 rings (SSSR count). The van der Waals surface area contributed by atoms with Gasteiger partial charge in [0.1, 0.15) is 0 Å². The molecule has 0 aliphatic carbocycles. The summed E-state index contributed by atoms with van der Waals surface area (Å²) < 4.78 is 5.62. The fourth-order valence-corrected chi connectivity index (χ4v) is 2.77. The van der Waals surface area contributed by atoms with Gasteiger partial charge in [-0.15, -0.1) is 0 Å². The van der Waals surface area contributed by atoms with E-state index >= 15 is 0 Å². The second-order valence-corrected chi connectivity index (χ2v) is 6.19. The van der Waals surface area contributed by atoms with Gasteiger partial charge in [-0.1, -0.05) is 13.8 Å². The zero-order valence-electron chi connectivity index (χ0n) is 12.6. The average molecular weight is 273 g/mol. The molecule has 0 aromatic carbocycles. The lowest BCUT2D eigenvalue weighted by molar-refractivity contribution is -0.325. The molecule has 3 N–H and O–H groups in total. The molecule has 1 aliphatic rings. The van der Waals surface area contributed by atoms with E-state index in [4.69, 9.17) is 4.74 Å². The molecule has 1 heterocycles. The summed E-state index contributed by atoms with van der Waals surface area (Å²) in [5, 5.41) is 23.1. The molecule has 1 saturated heterocycles. The Kier molecular flexibility index (Phi) is 4.98. The van der Waals surface area contributed by atoms with Gasteiger partial charge in [-0.25, -0.2) is 0 Å². The number of rotatable bonds is 4. The highest BCUT2D eigenvalue weighted by Crippen LogP contribution is 2.39. The van der Waals surface area contributed by atoms with E-state index in [2.05, 4.69) is 19.2 Å². The third-order valence-corrected chi connectivity index (χ3v) is 4.10. The number of hydrogen-bond acceptors (Lipinski definition) is 4. The topological polar surface area (TPSA) is 78.8 Å². The lowest BCUT2D eigenvalue weighted by Gasteiger charge is -2.46. The Morgan fingerprint density at radius 2 is 2.16 bits per heavy atom. The molecule has 0 bridgehead atoms. The van der Waals surface area contributed by atoms with Crippen LogP contribution in [0, 0.1) is 11.8 Å². The van der Waals surface area contributed by atoms with E-state index in [9.17, 15) is 15.0 Å². The predicted molar refractivity (Wildman–Crippen MR) is 72.4 cm³/mol. The van der Waals surface area contributed by atoms with Crippen molar-refractivity contribution < 1.29 is 19.7 Å². The lowest BCUT2D eigenvalue weighted by atomic mass is 9.80. The number of aliphatic hydroxyl groups is 2. The summed E-state index contributed by atoms with van der Waals surface area (Å²) in [7, 11) is 1.42. The molecular formula is C14H27NO4. The van der Waals surface area contributed by atoms with Crippen molar-refractivity contribution in [1.29, 1.82) is 0 Å². The van der Waals surface area contributed by atoms with Crippen LogP contribution in [0.25, 0.3) is 0 Å². The number of nitrogens with one attached hydrogen (secondary N) is 1. The third kappa shape index (κ3) is 3.27. The SMILES string of the molecule is CNC(=O)C(C)(O)C1(O)CCC(CC(C)C)C(C)O1. The maximum atomic E-state index is 11.7. The summed E-state index contributed by atoms with van der Waals surface area (Å²) in [5.74, 6) is -1.55. The van der Waals surface area contributed by atoms with E-state index in [-0.39, 0.29) is 12.5 Å². The van der Waals surface area contributed by atoms with Gasteiger partial charge in [0, 0.05) is 13.5 Å². The van der Waals surface area contributed by atoms with E-state index in [1.165, 1.54) is 14.0 Å². The summed E-state index contributed by atoms with van der Waals surface area (Å²) in [6.07, 6.45) is 1.83. The molecule has 5 nitrogen and oxygen atoms in total. The first-order chi connectivity index (χ1) is 8.64. The molecule has 0 aromatic rings. The molecule has 4 atom stereocenters. The Balaban J connectivity index is 2.80. The normalized spacial score (nSPS) is 34.9. The number of ether oxygens (including phenoxy) is 1. The van der Waals surface area contributed by atoms with Gasteiger partial charge in [0.15, 0.2) is 5.60 Å². The molecule has 0 saturated carbocycles. The fourth-order valence-electron chi connectivity index (χ4n) is 2.77. The minimum atomic E-state index is -1.95. The van der Waals surface area contributed by atoms with Gasteiger partial charge in [0.25, 0.3) is 5.91 Å². The van der Waals surface area contributed by atoms with Crippen molar-refractivity contribution in [2.24, 2.45) is 11.8 Å². The van der Waals surface area contributed by atoms with Crippen LogP contribution in [0.3, 0.4) is 0 Å². The smallest absolute Gasteiger partial charge is 0.257 e. The summed E-state index contributed by atoms with van der Waals surface area (Å²) in [5.41, 5.74) is -1.95. The molecule has 1 fully saturated rings. The highest BCUT2D eigenvalue weighted by molar-refractivity contribution is 5.85. The van der Waals surface area contributed by atoms with Crippen LogP contribution in [0.5, 0.6) is 0 Å². The minimum absolute atomic E-state index is 0.183. The largest absolute Gasteiger partial charge is 0.376 e. The van der Waals surface area contributed by atoms with E-state index in [0.717, 1.165) is 12.8 Å². The number of carbonyl (C=O) groups is 1. The monoisotopic (exact) mass is 273 g/mol. The van der Waals surface area contributed by atoms with Crippen LogP contribution in [0.1, 0.15) is 47.0 Å². The number of hydrogen-bond donors (Lipinski definition) is 3. The Hall–Kier alpha value is -0.650. The van der Waals surface area contributed by atoms with Crippen LogP contribution in [-0.4, -0.2) is 40.7 Å². The summed E-state index contributed by atoms with van der Waals surface area (Å²) in [4.78, 5) is 11.7. The van der Waals surface area contributed by atoms with Gasteiger partial charge in [-0.05, 0) is 38.5 Å². The molecular weight excluding hydrogens is 246 g/mol. The van der Waals surface area contributed by atoms with Crippen molar-refractivity contribution in [2.75, 3.05) is 7.05 Å². The molecule has 1 amide bonds. The number of amides is 1. The van der Waals surface area contributed by atoms with E-state index in [1.54, 1.807) is 0 Å². The second-order valence-electron chi connectivity index (χ2n) is 6.19. The molecule has 19 heavy (non-hydrogen) atoms. The van der Waals surface area contributed by atoms with Gasteiger partial charge in [-0.3, -0.25) is 4.79 Å². The van der Waals surface area contributed by atoms with Crippen molar-refractivity contribution in [3.05, 3.63) is 0 Å². The minimum Gasteiger partial charge on any atom is -0.376 e. The van der Waals surface area contributed by atoms with Crippen LogP contribution in [0.2, 0.25) is 0 Å². The summed E-state index contributed by atoms with van der Waals surface area (Å²) in [6, 6.07) is 0. The molecule has 0 aromatic heterocycles. The highest BCUT2D eigenvalue weighted by atomic mass is 16.6. The van der Waals surface area contributed by atoms with Gasteiger partial charge in [-0.2, -0.15) is 0 Å². The van der Waals surface area contributed by atoms with Crippen LogP contribution in [0.15, 0.2) is 0 Å². The van der Waals surface area contributed by atoms with Crippen molar-refractivity contribution in [2.45, 2.75) is 64.4 Å². The molecule has 0 radical (unpaired) electrons. The van der Waals surface area contributed by atoms with Gasteiger partial charge < -0.3 is 20.3 Å². The first kappa shape index (κ1) is 16.4. The molecule has 0 spiro atoms. The van der Waals surface area contributed by atoms with Crippen molar-refractivity contribution >= 4 is 5.91 Å². The molecule has 4 unspecified atom stereocenters. The average Bonchev–Trinajstić information content (AvgIpc) is 2.31. The Bertz CT molecular complexity index is 329. The highest BCUT2D eigenvalue weighted by Gasteiger charge is 2.55. The maximum Gasteiger partial charge on any atom is 0.257 e. The zero-order chi connectivity index (χ0) is 14.8. The Morgan fingerprint density at radius 1 is 1.58 bits per heavy atom. The quantitative estimate of drug-likeness (QED) is 0.715. The van der Waals surface area contributed by atoms with Gasteiger partial charge >= 0.3 is 0 Å². The fraction of sp³-hybridized carbons (Fsp3) is 0.929. The Labute approximate surface area is 115 Å². The van der Waals surface area contributed by atoms with Crippen LogP contribution in [0.4, 0.5) is 0 Å². The molecule has 112 valence electrons. The molecule has 5 heteroatoms. The van der Waals surface area contributed by atoms with Crippen molar-refractivity contribution in [3.8, 4) is 0 Å². The maximum absolute atomic E-state index is 11.7. The van der Waals surface area contributed by atoms with E-state index in [1.807, 2.05) is 6.92 Å². The van der Waals surface area contributed by atoms with Crippen LogP contribution in [-0.2, 0) is 9.53 Å². The van der Waals surface area contributed by atoms with Crippen molar-refractivity contribution in [3.63, 3.8) is 0 Å². The van der Waals surface area contributed by atoms with E-state index in [0.29, 0.717) is 11.8 Å².